The first-order valence-electron chi connectivity index (χ1n) is 7.47. The van der Waals surface area contributed by atoms with Gasteiger partial charge >= 0.3 is 0 Å². The minimum absolute atomic E-state index is 0.802. The van der Waals surface area contributed by atoms with Gasteiger partial charge in [0.2, 0.25) is 0 Å². The Bertz CT molecular complexity index is 841. The summed E-state index contributed by atoms with van der Waals surface area (Å²) in [6, 6.07) is 15.7. The van der Waals surface area contributed by atoms with Crippen molar-refractivity contribution in [3.8, 4) is 16.9 Å². The van der Waals surface area contributed by atoms with Gasteiger partial charge in [0.25, 0.3) is 0 Å². The number of aromatic nitrogens is 4. The molecule has 6 heteroatoms. The fraction of sp³-hybridized carbons (Fsp3) is 0. The summed E-state index contributed by atoms with van der Waals surface area (Å²) in [4.78, 5) is 11.1. The van der Waals surface area contributed by atoms with Gasteiger partial charge in [0, 0.05) is 18.1 Å². The fourth-order valence-electron chi connectivity index (χ4n) is 2.34. The molecule has 2 heterocycles. The Labute approximate surface area is 138 Å². The number of azo groups is 1. The molecule has 0 radical (unpaired) electrons. The Morgan fingerprint density at radius 2 is 1.54 bits per heavy atom. The van der Waals surface area contributed by atoms with Gasteiger partial charge in [-0.25, -0.2) is 9.97 Å². The molecule has 0 saturated heterocycles. The lowest BCUT2D eigenvalue weighted by atomic mass is 10.1. The van der Waals surface area contributed by atoms with Crippen LogP contribution in [-0.2, 0) is 0 Å². The topological polar surface area (TPSA) is 71.2 Å². The summed E-state index contributed by atoms with van der Waals surface area (Å²) in [6.07, 6.45) is 8.87. The third kappa shape index (κ3) is 2.98. The minimum Gasteiger partial charge on any atom is -0.345 e. The predicted octanol–water partition coefficient (Wildman–Crippen LogP) is 4.68. The van der Waals surface area contributed by atoms with E-state index in [4.69, 9.17) is 0 Å². The maximum absolute atomic E-state index is 4.27. The molecule has 0 spiro atoms. The van der Waals surface area contributed by atoms with Crippen molar-refractivity contribution in [2.24, 2.45) is 10.2 Å². The van der Waals surface area contributed by atoms with Crippen LogP contribution in [0.15, 0.2) is 90.0 Å². The van der Waals surface area contributed by atoms with E-state index in [0.717, 1.165) is 28.3 Å². The maximum atomic E-state index is 4.27. The zero-order valence-electron chi connectivity index (χ0n) is 12.7. The van der Waals surface area contributed by atoms with Crippen LogP contribution in [0.25, 0.3) is 16.9 Å². The third-order valence-corrected chi connectivity index (χ3v) is 3.61. The molecule has 6 nitrogen and oxygen atoms in total. The molecule has 0 amide bonds. The van der Waals surface area contributed by atoms with E-state index in [9.17, 15) is 0 Å². The normalized spacial score (nSPS) is 11.2. The van der Waals surface area contributed by atoms with Gasteiger partial charge in [0.05, 0.1) is 35.9 Å². The molecule has 0 bridgehead atoms. The second-order valence-electron chi connectivity index (χ2n) is 5.20. The first kappa shape index (κ1) is 14.1. The molecule has 0 aliphatic carbocycles. The Morgan fingerprint density at radius 1 is 0.833 bits per heavy atom. The van der Waals surface area contributed by atoms with Gasteiger partial charge in [0.15, 0.2) is 0 Å². The molecular formula is C18H14N6. The summed E-state index contributed by atoms with van der Waals surface area (Å²) < 4.78 is 1.94. The second-order valence-corrected chi connectivity index (χ2v) is 5.20. The van der Waals surface area contributed by atoms with Gasteiger partial charge in [-0.2, -0.15) is 10.2 Å². The highest BCUT2D eigenvalue weighted by Crippen LogP contribution is 2.23. The number of H-pyrrole nitrogens is 1. The van der Waals surface area contributed by atoms with Crippen LogP contribution in [-0.4, -0.2) is 19.5 Å². The number of imidazole rings is 2. The number of benzene rings is 2. The molecule has 24 heavy (non-hydrogen) atoms. The summed E-state index contributed by atoms with van der Waals surface area (Å²) in [5.74, 6) is 0. The van der Waals surface area contributed by atoms with Gasteiger partial charge < -0.3 is 9.55 Å². The maximum Gasteiger partial charge on any atom is 0.0991 e. The van der Waals surface area contributed by atoms with Gasteiger partial charge in [-0.1, -0.05) is 12.1 Å². The van der Waals surface area contributed by atoms with E-state index in [1.165, 1.54) is 0 Å². The van der Waals surface area contributed by atoms with E-state index in [1.54, 1.807) is 25.0 Å². The molecule has 1 N–H and O–H groups in total. The van der Waals surface area contributed by atoms with E-state index < -0.39 is 0 Å². The van der Waals surface area contributed by atoms with Crippen molar-refractivity contribution >= 4 is 11.4 Å². The first-order chi connectivity index (χ1) is 11.9. The SMILES string of the molecule is c1cn(-c2ccc(N=Nc3ccc(-c4cnc[nH]4)cc3)cc2)cn1. The number of hydrogen-bond donors (Lipinski definition) is 1. The lowest BCUT2D eigenvalue weighted by molar-refractivity contribution is 1.06. The van der Waals surface area contributed by atoms with Crippen molar-refractivity contribution in [2.75, 3.05) is 0 Å². The zero-order valence-corrected chi connectivity index (χ0v) is 12.7. The van der Waals surface area contributed by atoms with Gasteiger partial charge in [-0.3, -0.25) is 0 Å². The smallest absolute Gasteiger partial charge is 0.0991 e. The van der Waals surface area contributed by atoms with E-state index in [1.807, 2.05) is 59.3 Å². The van der Waals surface area contributed by atoms with Crippen molar-refractivity contribution in [3.63, 3.8) is 0 Å². The molecule has 0 unspecified atom stereocenters. The molecule has 2 aromatic heterocycles. The van der Waals surface area contributed by atoms with Crippen LogP contribution in [0.1, 0.15) is 0 Å². The molecule has 4 rings (SSSR count). The van der Waals surface area contributed by atoms with Gasteiger partial charge in [-0.05, 0) is 42.0 Å². The van der Waals surface area contributed by atoms with Crippen LogP contribution in [0.2, 0.25) is 0 Å². The fourth-order valence-corrected chi connectivity index (χ4v) is 2.34. The van der Waals surface area contributed by atoms with Gasteiger partial charge in [0.1, 0.15) is 0 Å². The lowest BCUT2D eigenvalue weighted by Crippen LogP contribution is -1.87. The van der Waals surface area contributed by atoms with Crippen LogP contribution in [0.5, 0.6) is 0 Å². The highest BCUT2D eigenvalue weighted by molar-refractivity contribution is 5.60. The highest BCUT2D eigenvalue weighted by Gasteiger charge is 1.99. The van der Waals surface area contributed by atoms with Crippen molar-refractivity contribution in [1.82, 2.24) is 19.5 Å². The predicted molar refractivity (Wildman–Crippen MR) is 91.8 cm³/mol. The Balaban J connectivity index is 1.48. The first-order valence-corrected chi connectivity index (χ1v) is 7.47. The standard InChI is InChI=1S/C18H14N6/c1-3-15(4-2-14(1)18-11-20-12-21-18)22-23-16-5-7-17(8-6-16)24-10-9-19-13-24/h1-13H,(H,20,21). The zero-order chi connectivity index (χ0) is 16.2. The highest BCUT2D eigenvalue weighted by atomic mass is 15.1. The van der Waals surface area contributed by atoms with Crippen LogP contribution in [0, 0.1) is 0 Å². The Hall–Kier alpha value is -3.54. The third-order valence-electron chi connectivity index (χ3n) is 3.61. The van der Waals surface area contributed by atoms with Crippen LogP contribution < -0.4 is 0 Å². The molecule has 0 aliphatic rings. The number of hydrogen-bond acceptors (Lipinski definition) is 4. The molecule has 0 fully saturated rings. The molecule has 116 valence electrons. The number of aromatic amines is 1. The van der Waals surface area contributed by atoms with E-state index in [-0.39, 0.29) is 0 Å². The molecule has 0 atom stereocenters. The largest absolute Gasteiger partial charge is 0.345 e. The number of nitrogens with zero attached hydrogens (tertiary/aromatic N) is 5. The average Bonchev–Trinajstić information content (AvgIpc) is 3.34. The van der Waals surface area contributed by atoms with E-state index >= 15 is 0 Å². The minimum atomic E-state index is 0.802. The number of rotatable bonds is 4. The van der Waals surface area contributed by atoms with Crippen molar-refractivity contribution in [3.05, 3.63) is 79.8 Å². The van der Waals surface area contributed by atoms with Crippen molar-refractivity contribution in [2.45, 2.75) is 0 Å². The number of nitrogens with one attached hydrogen (secondary N) is 1. The summed E-state index contributed by atoms with van der Waals surface area (Å²) in [6.45, 7) is 0. The van der Waals surface area contributed by atoms with E-state index in [2.05, 4.69) is 25.2 Å². The summed E-state index contributed by atoms with van der Waals surface area (Å²) in [7, 11) is 0. The van der Waals surface area contributed by atoms with Crippen molar-refractivity contribution in [1.29, 1.82) is 0 Å². The average molecular weight is 314 g/mol. The van der Waals surface area contributed by atoms with Crippen LogP contribution >= 0.6 is 0 Å². The molecule has 4 aromatic rings. The summed E-state index contributed by atoms with van der Waals surface area (Å²) >= 11 is 0. The molecule has 0 aliphatic heterocycles. The van der Waals surface area contributed by atoms with Crippen LogP contribution in [0.4, 0.5) is 11.4 Å². The Morgan fingerprint density at radius 3 is 2.12 bits per heavy atom. The lowest BCUT2D eigenvalue weighted by Gasteiger charge is -2.01. The molecular weight excluding hydrogens is 300 g/mol. The Kier molecular flexibility index (Phi) is 3.69. The monoisotopic (exact) mass is 314 g/mol. The molecule has 0 saturated carbocycles. The van der Waals surface area contributed by atoms with E-state index in [0.29, 0.717) is 0 Å². The summed E-state index contributed by atoms with van der Waals surface area (Å²) in [5, 5.41) is 8.54. The molecule has 2 aromatic carbocycles. The second kappa shape index (κ2) is 6.29. The summed E-state index contributed by atoms with van der Waals surface area (Å²) in [5.41, 5.74) is 4.69. The van der Waals surface area contributed by atoms with Crippen molar-refractivity contribution < 1.29 is 0 Å². The van der Waals surface area contributed by atoms with Crippen LogP contribution in [0.3, 0.4) is 0 Å². The quantitative estimate of drug-likeness (QED) is 0.556. The van der Waals surface area contributed by atoms with Gasteiger partial charge in [-0.15, -0.1) is 0 Å².